The topological polar surface area (TPSA) is 105 Å². The van der Waals surface area contributed by atoms with Crippen LogP contribution < -0.4 is 29.3 Å². The molecule has 0 saturated heterocycles. The highest BCUT2D eigenvalue weighted by molar-refractivity contribution is 5.88. The Bertz CT molecular complexity index is 947. The first-order chi connectivity index (χ1) is 14.1. The molecule has 0 atom stereocenters. The van der Waals surface area contributed by atoms with Gasteiger partial charge in [0.15, 0.2) is 18.0 Å². The number of benzene rings is 2. The van der Waals surface area contributed by atoms with Crippen LogP contribution in [0.25, 0.3) is 0 Å². The number of amidine groups is 1. The number of aryl methyl sites for hydroxylation is 2. The Labute approximate surface area is 168 Å². The van der Waals surface area contributed by atoms with E-state index >= 15 is 0 Å². The summed E-state index contributed by atoms with van der Waals surface area (Å²) in [5.41, 5.74) is 1.62. The zero-order chi connectivity index (χ0) is 20.6. The van der Waals surface area contributed by atoms with Gasteiger partial charge in [0, 0.05) is 24.2 Å². The Morgan fingerprint density at radius 2 is 1.79 bits per heavy atom. The first-order valence-corrected chi connectivity index (χ1v) is 8.86. The van der Waals surface area contributed by atoms with Gasteiger partial charge in [0.1, 0.15) is 0 Å². The Morgan fingerprint density at radius 3 is 2.41 bits per heavy atom. The molecule has 0 unspecified atom stereocenters. The van der Waals surface area contributed by atoms with Gasteiger partial charge in [-0.15, -0.1) is 0 Å². The lowest BCUT2D eigenvalue weighted by Crippen LogP contribution is -2.35. The van der Waals surface area contributed by atoms with Crippen molar-refractivity contribution in [2.45, 2.75) is 13.0 Å². The molecule has 29 heavy (non-hydrogen) atoms. The second-order valence-corrected chi connectivity index (χ2v) is 5.99. The summed E-state index contributed by atoms with van der Waals surface area (Å²) in [6.45, 7) is 0.609. The van der Waals surface area contributed by atoms with Crippen LogP contribution in [0.2, 0.25) is 0 Å². The summed E-state index contributed by atoms with van der Waals surface area (Å²) in [6, 6.07) is 12.6. The molecule has 1 heterocycles. The molecule has 9 nitrogen and oxygen atoms in total. The zero-order valence-corrected chi connectivity index (χ0v) is 16.4. The van der Waals surface area contributed by atoms with E-state index < -0.39 is 6.02 Å². The zero-order valence-electron chi connectivity index (χ0n) is 16.4. The second kappa shape index (κ2) is 9.45. The molecule has 3 rings (SSSR count). The molecule has 0 aliphatic heterocycles. The van der Waals surface area contributed by atoms with Gasteiger partial charge in [-0.2, -0.15) is 0 Å². The minimum atomic E-state index is -0.620. The number of hydrogen-bond donors (Lipinski definition) is 1. The molecule has 0 amide bonds. The Hall–Kier alpha value is -3.75. The van der Waals surface area contributed by atoms with E-state index in [9.17, 15) is 5.11 Å². The molecule has 3 aromatic rings. The Kier molecular flexibility index (Phi) is 6.51. The van der Waals surface area contributed by atoms with Crippen LogP contribution in [-0.4, -0.2) is 32.6 Å². The summed E-state index contributed by atoms with van der Waals surface area (Å²) < 4.78 is 22.5. The van der Waals surface area contributed by atoms with E-state index in [4.69, 9.17) is 18.7 Å². The van der Waals surface area contributed by atoms with Gasteiger partial charge in [0.05, 0.1) is 27.4 Å². The predicted molar refractivity (Wildman–Crippen MR) is 104 cm³/mol. The molecule has 1 aromatic heterocycles. The third-order valence-electron chi connectivity index (χ3n) is 4.10. The summed E-state index contributed by atoms with van der Waals surface area (Å²) in [6.07, 6.45) is 2.35. The van der Waals surface area contributed by atoms with E-state index in [0.717, 1.165) is 6.42 Å². The molecule has 2 aromatic carbocycles. The number of rotatable bonds is 8. The second-order valence-electron chi connectivity index (χ2n) is 5.99. The van der Waals surface area contributed by atoms with Crippen molar-refractivity contribution in [2.24, 2.45) is 4.99 Å². The van der Waals surface area contributed by atoms with Gasteiger partial charge in [-0.05, 0) is 5.56 Å². The average Bonchev–Trinajstić information content (AvgIpc) is 3.19. The number of hydrogen-bond acceptors (Lipinski definition) is 7. The molecule has 0 spiro atoms. The molecular weight excluding hydrogens is 376 g/mol. The van der Waals surface area contributed by atoms with Crippen LogP contribution in [0.15, 0.2) is 58.2 Å². The van der Waals surface area contributed by atoms with Crippen molar-refractivity contribution in [3.05, 3.63) is 54.2 Å². The van der Waals surface area contributed by atoms with E-state index in [1.165, 1.54) is 26.9 Å². The molecule has 0 fully saturated rings. The number of aromatic nitrogens is 2. The quantitative estimate of drug-likeness (QED) is 0.350. The van der Waals surface area contributed by atoms with Crippen molar-refractivity contribution in [3.63, 3.8) is 0 Å². The van der Waals surface area contributed by atoms with Crippen LogP contribution in [0.5, 0.6) is 17.2 Å². The van der Waals surface area contributed by atoms with Crippen LogP contribution >= 0.6 is 0 Å². The Balaban J connectivity index is 1.68. The smallest absolute Gasteiger partial charge is 0.322 e. The highest BCUT2D eigenvalue weighted by atomic mass is 16.5. The molecule has 0 saturated carbocycles. The number of methoxy groups -OCH3 is 3. The number of aliphatic imine (C=N–C) groups is 1. The van der Waals surface area contributed by atoms with Gasteiger partial charge in [0.25, 0.3) is 6.20 Å². The molecule has 1 N–H and O–H groups in total. The van der Waals surface area contributed by atoms with E-state index in [-0.39, 0.29) is 5.88 Å². The normalized spacial score (nSPS) is 11.2. The van der Waals surface area contributed by atoms with Crippen molar-refractivity contribution in [1.29, 1.82) is 0 Å². The molecule has 0 aliphatic rings. The van der Waals surface area contributed by atoms with Crippen molar-refractivity contribution < 1.29 is 28.5 Å². The minimum Gasteiger partial charge on any atom is -0.846 e. The lowest BCUT2D eigenvalue weighted by Gasteiger charge is -2.17. The lowest BCUT2D eigenvalue weighted by molar-refractivity contribution is -0.761. The molecule has 0 bridgehead atoms. The largest absolute Gasteiger partial charge is 0.846 e. The summed E-state index contributed by atoms with van der Waals surface area (Å²) in [4.78, 5) is 3.87. The Morgan fingerprint density at radius 1 is 1.10 bits per heavy atom. The van der Waals surface area contributed by atoms with Gasteiger partial charge in [0.2, 0.25) is 11.0 Å². The third-order valence-corrected chi connectivity index (χ3v) is 4.10. The maximum Gasteiger partial charge on any atom is 0.322 e. The maximum absolute atomic E-state index is 12.2. The first kappa shape index (κ1) is 20.0. The molecule has 0 aliphatic carbocycles. The number of ether oxygens (including phenoxy) is 3. The SMILES string of the molecule is COc1cc(NC([O-])=Nc2c[n+](CCc3ccccc3)no2)cc(OC)c1OC. The highest BCUT2D eigenvalue weighted by Crippen LogP contribution is 2.39. The van der Waals surface area contributed by atoms with Crippen LogP contribution in [0, 0.1) is 0 Å². The monoisotopic (exact) mass is 398 g/mol. The summed E-state index contributed by atoms with van der Waals surface area (Å²) in [5.74, 6) is 1.36. The van der Waals surface area contributed by atoms with Gasteiger partial charge in [-0.1, -0.05) is 35.0 Å². The molecule has 9 heteroatoms. The predicted octanol–water partition coefficient (Wildman–Crippen LogP) is 1.69. The van der Waals surface area contributed by atoms with E-state index in [1.807, 2.05) is 30.3 Å². The van der Waals surface area contributed by atoms with E-state index in [2.05, 4.69) is 15.6 Å². The standard InChI is InChI=1S/C20H22N4O5/c1-26-16-11-15(12-17(27-2)19(16)28-3)21-20(25)22-18-13-24(23-29-18)10-9-14-7-5-4-6-8-14/h4-8,11-13H,9-10H2,1-3H3,(H-,21,22,23,25). The number of nitrogens with one attached hydrogen (secondary N) is 1. The molecule has 0 radical (unpaired) electrons. The molecular formula is C20H22N4O5. The van der Waals surface area contributed by atoms with Crippen molar-refractivity contribution >= 4 is 17.6 Å². The number of nitrogens with zero attached hydrogens (tertiary/aromatic N) is 3. The molecule has 152 valence electrons. The fourth-order valence-corrected chi connectivity index (χ4v) is 2.72. The van der Waals surface area contributed by atoms with Gasteiger partial charge < -0.3 is 24.6 Å². The van der Waals surface area contributed by atoms with Crippen molar-refractivity contribution in [3.8, 4) is 17.2 Å². The lowest BCUT2D eigenvalue weighted by atomic mass is 10.1. The third kappa shape index (κ3) is 5.16. The fourth-order valence-electron chi connectivity index (χ4n) is 2.72. The van der Waals surface area contributed by atoms with Crippen LogP contribution in [0.1, 0.15) is 5.56 Å². The van der Waals surface area contributed by atoms with E-state index in [0.29, 0.717) is 29.5 Å². The van der Waals surface area contributed by atoms with Crippen molar-refractivity contribution in [2.75, 3.05) is 26.6 Å². The van der Waals surface area contributed by atoms with Crippen molar-refractivity contribution in [1.82, 2.24) is 5.27 Å². The van der Waals surface area contributed by atoms with Gasteiger partial charge in [-0.3, -0.25) is 4.52 Å². The highest BCUT2D eigenvalue weighted by Gasteiger charge is 2.14. The first-order valence-electron chi connectivity index (χ1n) is 8.86. The van der Waals surface area contributed by atoms with Crippen LogP contribution in [-0.2, 0) is 13.0 Å². The fraction of sp³-hybridized carbons (Fsp3) is 0.250. The minimum absolute atomic E-state index is 0.100. The van der Waals surface area contributed by atoms with Crippen LogP contribution in [0.4, 0.5) is 11.6 Å². The summed E-state index contributed by atoms with van der Waals surface area (Å²) in [7, 11) is 4.50. The van der Waals surface area contributed by atoms with Crippen LogP contribution in [0.3, 0.4) is 0 Å². The summed E-state index contributed by atoms with van der Waals surface area (Å²) >= 11 is 0. The van der Waals surface area contributed by atoms with Gasteiger partial charge >= 0.3 is 5.88 Å². The number of anilines is 1. The summed E-state index contributed by atoms with van der Waals surface area (Å²) in [5, 5.41) is 18.8. The maximum atomic E-state index is 12.2. The van der Waals surface area contributed by atoms with E-state index in [1.54, 1.807) is 23.0 Å². The average molecular weight is 398 g/mol. The van der Waals surface area contributed by atoms with Gasteiger partial charge in [-0.25, -0.2) is 4.99 Å².